The number of carbonyl (C=O) groups is 1. The Morgan fingerprint density at radius 3 is 2.70 bits per heavy atom. The third-order valence-corrected chi connectivity index (χ3v) is 3.12. The lowest BCUT2D eigenvalue weighted by Gasteiger charge is -2.13. The van der Waals surface area contributed by atoms with E-state index in [1.165, 1.54) is 6.08 Å². The number of halogens is 1. The van der Waals surface area contributed by atoms with Gasteiger partial charge < -0.3 is 9.47 Å². The summed E-state index contributed by atoms with van der Waals surface area (Å²) in [4.78, 5) is 11.1. The Kier molecular flexibility index (Phi) is 6.59. The summed E-state index contributed by atoms with van der Waals surface area (Å²) < 4.78 is 10.4. The van der Waals surface area contributed by atoms with Crippen molar-refractivity contribution in [1.82, 2.24) is 0 Å². The molecule has 1 rings (SSSR count). The van der Waals surface area contributed by atoms with Crippen LogP contribution in [0.2, 0.25) is 5.02 Å². The Hall–Kier alpha value is -1.48. The van der Waals surface area contributed by atoms with Crippen LogP contribution in [-0.4, -0.2) is 19.2 Å². The van der Waals surface area contributed by atoms with E-state index in [0.717, 1.165) is 21.9 Å². The molecule has 0 aliphatic rings. The summed E-state index contributed by atoms with van der Waals surface area (Å²) in [5.74, 6) is 0.763. The summed E-state index contributed by atoms with van der Waals surface area (Å²) in [6, 6.07) is 3.86. The highest BCUT2D eigenvalue weighted by atomic mass is 35.5. The molecule has 0 fully saturated rings. The minimum absolute atomic E-state index is 0.318. The molecule has 0 aliphatic carbocycles. The summed E-state index contributed by atoms with van der Waals surface area (Å²) >= 11 is 6.20. The van der Waals surface area contributed by atoms with Crippen LogP contribution in [0.15, 0.2) is 24.3 Å². The van der Waals surface area contributed by atoms with Gasteiger partial charge in [-0.2, -0.15) is 0 Å². The molecule has 0 bridgehead atoms. The number of carbonyl (C=O) groups excluding carboxylic acids is 1. The summed E-state index contributed by atoms with van der Waals surface area (Å²) in [6.45, 7) is 8.58. The van der Waals surface area contributed by atoms with Crippen LogP contribution in [0.3, 0.4) is 0 Å². The highest BCUT2D eigenvalue weighted by molar-refractivity contribution is 6.31. The van der Waals surface area contributed by atoms with E-state index in [2.05, 4.69) is 13.8 Å². The lowest BCUT2D eigenvalue weighted by molar-refractivity contribution is -0.137. The van der Waals surface area contributed by atoms with Crippen molar-refractivity contribution < 1.29 is 14.3 Å². The van der Waals surface area contributed by atoms with Gasteiger partial charge in [-0.25, -0.2) is 4.79 Å². The highest BCUT2D eigenvalue weighted by Gasteiger charge is 2.09. The molecule has 110 valence electrons. The largest absolute Gasteiger partial charge is 0.489 e. The van der Waals surface area contributed by atoms with Gasteiger partial charge in [-0.1, -0.05) is 25.4 Å². The zero-order chi connectivity index (χ0) is 15.1. The molecule has 0 atom stereocenters. The van der Waals surface area contributed by atoms with E-state index in [1.807, 2.05) is 19.1 Å². The van der Waals surface area contributed by atoms with Crippen molar-refractivity contribution in [2.45, 2.75) is 33.6 Å². The molecular formula is C16H21ClO3. The zero-order valence-corrected chi connectivity index (χ0v) is 13.2. The van der Waals surface area contributed by atoms with Crippen molar-refractivity contribution in [2.75, 3.05) is 13.2 Å². The van der Waals surface area contributed by atoms with Crippen LogP contribution < -0.4 is 4.74 Å². The van der Waals surface area contributed by atoms with E-state index < -0.39 is 0 Å². The second-order valence-corrected chi connectivity index (χ2v) is 5.17. The lowest BCUT2D eigenvalue weighted by atomic mass is 10.0. The molecule has 1 aromatic rings. The SMILES string of the molecule is CCOC(=O)/C=C/COc1cc(C(C)C)c(Cl)cc1C. The number of ether oxygens (including phenoxy) is 2. The van der Waals surface area contributed by atoms with Gasteiger partial charge in [0, 0.05) is 11.1 Å². The molecular weight excluding hydrogens is 276 g/mol. The fraction of sp³-hybridized carbons (Fsp3) is 0.438. The maximum Gasteiger partial charge on any atom is 0.330 e. The number of benzene rings is 1. The van der Waals surface area contributed by atoms with Crippen molar-refractivity contribution in [1.29, 1.82) is 0 Å². The predicted octanol–water partition coefficient (Wildman–Crippen LogP) is 4.27. The first kappa shape index (κ1) is 16.6. The van der Waals surface area contributed by atoms with Crippen LogP contribution in [-0.2, 0) is 9.53 Å². The third kappa shape index (κ3) is 4.89. The third-order valence-electron chi connectivity index (χ3n) is 2.79. The maximum atomic E-state index is 11.1. The highest BCUT2D eigenvalue weighted by Crippen LogP contribution is 2.31. The second-order valence-electron chi connectivity index (χ2n) is 4.76. The Bertz CT molecular complexity index is 493. The van der Waals surface area contributed by atoms with Crippen LogP contribution in [0.4, 0.5) is 0 Å². The molecule has 4 heteroatoms. The molecule has 0 radical (unpaired) electrons. The lowest BCUT2D eigenvalue weighted by Crippen LogP contribution is -2.02. The average molecular weight is 297 g/mol. The molecule has 0 heterocycles. The molecule has 0 saturated heterocycles. The minimum atomic E-state index is -0.355. The van der Waals surface area contributed by atoms with Gasteiger partial charge >= 0.3 is 5.97 Å². The van der Waals surface area contributed by atoms with E-state index in [1.54, 1.807) is 13.0 Å². The van der Waals surface area contributed by atoms with Gasteiger partial charge in [0.2, 0.25) is 0 Å². The Morgan fingerprint density at radius 1 is 1.40 bits per heavy atom. The van der Waals surface area contributed by atoms with Crippen LogP contribution in [0.5, 0.6) is 5.75 Å². The average Bonchev–Trinajstić information content (AvgIpc) is 2.36. The fourth-order valence-corrected chi connectivity index (χ4v) is 2.18. The molecule has 0 aliphatic heterocycles. The normalized spacial score (nSPS) is 11.1. The Morgan fingerprint density at radius 2 is 2.10 bits per heavy atom. The summed E-state index contributed by atoms with van der Waals surface area (Å²) in [6.07, 6.45) is 3.01. The van der Waals surface area contributed by atoms with Crippen LogP contribution in [0, 0.1) is 6.92 Å². The number of rotatable bonds is 6. The molecule has 0 spiro atoms. The van der Waals surface area contributed by atoms with E-state index >= 15 is 0 Å². The van der Waals surface area contributed by atoms with Crippen LogP contribution in [0.1, 0.15) is 37.8 Å². The molecule has 0 aromatic heterocycles. The molecule has 1 aromatic carbocycles. The smallest absolute Gasteiger partial charge is 0.330 e. The first-order valence-corrected chi connectivity index (χ1v) is 7.09. The van der Waals surface area contributed by atoms with Gasteiger partial charge in [0.1, 0.15) is 12.4 Å². The number of hydrogen-bond acceptors (Lipinski definition) is 3. The predicted molar refractivity (Wildman–Crippen MR) is 81.5 cm³/mol. The standard InChI is InChI=1S/C16H21ClO3/c1-5-19-16(18)7-6-8-20-15-10-13(11(2)3)14(17)9-12(15)4/h6-7,9-11H,5,8H2,1-4H3/b7-6+. The summed E-state index contributed by atoms with van der Waals surface area (Å²) in [5, 5.41) is 0.756. The Balaban J connectivity index is 2.69. The van der Waals surface area contributed by atoms with Crippen LogP contribution in [0.25, 0.3) is 0 Å². The van der Waals surface area contributed by atoms with Crippen molar-refractivity contribution in [2.24, 2.45) is 0 Å². The maximum absolute atomic E-state index is 11.1. The fourth-order valence-electron chi connectivity index (χ4n) is 1.74. The van der Waals surface area contributed by atoms with Crippen molar-refractivity contribution in [3.05, 3.63) is 40.4 Å². The first-order chi connectivity index (χ1) is 9.45. The topological polar surface area (TPSA) is 35.5 Å². The molecule has 0 N–H and O–H groups in total. The van der Waals surface area contributed by atoms with Crippen LogP contribution >= 0.6 is 11.6 Å². The van der Waals surface area contributed by atoms with Crippen molar-refractivity contribution >= 4 is 17.6 Å². The first-order valence-electron chi connectivity index (χ1n) is 6.71. The summed E-state index contributed by atoms with van der Waals surface area (Å²) in [5.41, 5.74) is 2.03. The van der Waals surface area contributed by atoms with Gasteiger partial charge in [0.05, 0.1) is 6.61 Å². The number of aryl methyl sites for hydroxylation is 1. The monoisotopic (exact) mass is 296 g/mol. The summed E-state index contributed by atoms with van der Waals surface area (Å²) in [7, 11) is 0. The van der Waals surface area contributed by atoms with Gasteiger partial charge in [-0.15, -0.1) is 0 Å². The van der Waals surface area contributed by atoms with E-state index in [9.17, 15) is 4.79 Å². The Labute approximate surface area is 125 Å². The van der Waals surface area contributed by atoms with Gasteiger partial charge in [0.25, 0.3) is 0 Å². The van der Waals surface area contributed by atoms with Gasteiger partial charge in [-0.3, -0.25) is 0 Å². The quantitative estimate of drug-likeness (QED) is 0.581. The van der Waals surface area contributed by atoms with Gasteiger partial charge in [0.15, 0.2) is 0 Å². The zero-order valence-electron chi connectivity index (χ0n) is 12.4. The molecule has 20 heavy (non-hydrogen) atoms. The molecule has 3 nitrogen and oxygen atoms in total. The van der Waals surface area contributed by atoms with Crippen molar-refractivity contribution in [3.63, 3.8) is 0 Å². The number of esters is 1. The molecule has 0 saturated carbocycles. The minimum Gasteiger partial charge on any atom is -0.489 e. The second kappa shape index (κ2) is 7.95. The van der Waals surface area contributed by atoms with Crippen molar-refractivity contribution in [3.8, 4) is 5.75 Å². The molecule has 0 amide bonds. The van der Waals surface area contributed by atoms with E-state index in [4.69, 9.17) is 21.1 Å². The molecule has 0 unspecified atom stereocenters. The van der Waals surface area contributed by atoms with E-state index in [-0.39, 0.29) is 5.97 Å². The number of hydrogen-bond donors (Lipinski definition) is 0. The van der Waals surface area contributed by atoms with E-state index in [0.29, 0.717) is 19.1 Å². The van der Waals surface area contributed by atoms with Gasteiger partial charge in [-0.05, 0) is 49.1 Å².